The molecule has 1 fully saturated rings. The smallest absolute Gasteiger partial charge is 0.125 e. The van der Waals surface area contributed by atoms with Crippen molar-refractivity contribution in [2.24, 2.45) is 0 Å². The second kappa shape index (κ2) is 5.05. The van der Waals surface area contributed by atoms with Crippen LogP contribution in [0.25, 0.3) is 0 Å². The minimum Gasteiger partial charge on any atom is -0.315 e. The molecule has 3 rings (SSSR count). The standard InChI is InChI=1S/C15H16FN3/c1-10-18-14(6-11-2-4-13(16)5-3-11)7-15(19-10)12-8-17-9-12/h2-5,7,12,17H,6,8-9H2,1H3. The van der Waals surface area contributed by atoms with E-state index in [4.69, 9.17) is 0 Å². The molecule has 0 bridgehead atoms. The molecule has 2 heterocycles. The van der Waals surface area contributed by atoms with Crippen LogP contribution >= 0.6 is 0 Å². The summed E-state index contributed by atoms with van der Waals surface area (Å²) in [5, 5.41) is 3.25. The van der Waals surface area contributed by atoms with Gasteiger partial charge in [0.05, 0.1) is 0 Å². The van der Waals surface area contributed by atoms with Crippen LogP contribution in [0.3, 0.4) is 0 Å². The summed E-state index contributed by atoms with van der Waals surface area (Å²) in [6.07, 6.45) is 0.719. The van der Waals surface area contributed by atoms with Crippen molar-refractivity contribution in [3.05, 3.63) is 58.9 Å². The predicted molar refractivity (Wildman–Crippen MR) is 71.6 cm³/mol. The molecule has 0 saturated carbocycles. The van der Waals surface area contributed by atoms with E-state index in [1.165, 1.54) is 12.1 Å². The Morgan fingerprint density at radius 3 is 2.58 bits per heavy atom. The van der Waals surface area contributed by atoms with Crippen molar-refractivity contribution in [2.45, 2.75) is 19.3 Å². The third-order valence-corrected chi connectivity index (χ3v) is 3.41. The molecular formula is C15H16FN3. The quantitative estimate of drug-likeness (QED) is 0.916. The fourth-order valence-corrected chi connectivity index (χ4v) is 2.26. The fourth-order valence-electron chi connectivity index (χ4n) is 2.26. The topological polar surface area (TPSA) is 37.8 Å². The van der Waals surface area contributed by atoms with E-state index in [9.17, 15) is 4.39 Å². The summed E-state index contributed by atoms with van der Waals surface area (Å²) in [6.45, 7) is 3.91. The van der Waals surface area contributed by atoms with E-state index < -0.39 is 0 Å². The minimum absolute atomic E-state index is 0.205. The Hall–Kier alpha value is -1.81. The monoisotopic (exact) mass is 257 g/mol. The molecule has 0 aliphatic carbocycles. The van der Waals surface area contributed by atoms with Gasteiger partial charge in [-0.3, -0.25) is 0 Å². The van der Waals surface area contributed by atoms with Gasteiger partial charge in [-0.15, -0.1) is 0 Å². The van der Waals surface area contributed by atoms with Crippen LogP contribution in [0.15, 0.2) is 30.3 Å². The highest BCUT2D eigenvalue weighted by atomic mass is 19.1. The Morgan fingerprint density at radius 2 is 1.95 bits per heavy atom. The van der Waals surface area contributed by atoms with Crippen molar-refractivity contribution in [3.8, 4) is 0 Å². The Balaban J connectivity index is 1.83. The molecule has 1 aromatic carbocycles. The summed E-state index contributed by atoms with van der Waals surface area (Å²) in [7, 11) is 0. The zero-order valence-corrected chi connectivity index (χ0v) is 10.9. The second-order valence-electron chi connectivity index (χ2n) is 4.99. The maximum absolute atomic E-state index is 12.9. The molecule has 4 heteroatoms. The molecule has 1 aromatic heterocycles. The molecule has 19 heavy (non-hydrogen) atoms. The van der Waals surface area contributed by atoms with E-state index in [-0.39, 0.29) is 5.82 Å². The molecule has 2 aromatic rings. The van der Waals surface area contributed by atoms with Crippen molar-refractivity contribution in [1.82, 2.24) is 15.3 Å². The molecule has 1 N–H and O–H groups in total. The van der Waals surface area contributed by atoms with Crippen molar-refractivity contribution >= 4 is 0 Å². The highest BCUT2D eigenvalue weighted by molar-refractivity contribution is 5.25. The minimum atomic E-state index is -0.205. The van der Waals surface area contributed by atoms with E-state index in [1.807, 2.05) is 6.92 Å². The van der Waals surface area contributed by atoms with E-state index in [0.717, 1.165) is 42.3 Å². The number of halogens is 1. The summed E-state index contributed by atoms with van der Waals surface area (Å²) >= 11 is 0. The van der Waals surface area contributed by atoms with Crippen LogP contribution in [0.2, 0.25) is 0 Å². The number of hydrogen-bond donors (Lipinski definition) is 1. The van der Waals surface area contributed by atoms with Crippen molar-refractivity contribution < 1.29 is 4.39 Å². The Labute approximate surface area is 111 Å². The number of nitrogens with one attached hydrogen (secondary N) is 1. The molecule has 98 valence electrons. The van der Waals surface area contributed by atoms with Crippen LogP contribution in [0.4, 0.5) is 4.39 Å². The van der Waals surface area contributed by atoms with Gasteiger partial charge in [-0.2, -0.15) is 0 Å². The lowest BCUT2D eigenvalue weighted by atomic mass is 9.97. The van der Waals surface area contributed by atoms with Gasteiger partial charge < -0.3 is 5.32 Å². The number of benzene rings is 1. The zero-order valence-electron chi connectivity index (χ0n) is 10.9. The first-order valence-corrected chi connectivity index (χ1v) is 6.50. The molecule has 1 aliphatic rings. The Bertz CT molecular complexity index is 576. The average Bonchev–Trinajstić information content (AvgIpc) is 2.29. The first-order chi connectivity index (χ1) is 9.20. The largest absolute Gasteiger partial charge is 0.315 e. The van der Waals surface area contributed by atoms with Gasteiger partial charge in [-0.25, -0.2) is 14.4 Å². The van der Waals surface area contributed by atoms with E-state index in [0.29, 0.717) is 5.92 Å². The molecule has 1 aliphatic heterocycles. The van der Waals surface area contributed by atoms with Crippen LogP contribution in [-0.4, -0.2) is 23.1 Å². The Morgan fingerprint density at radius 1 is 1.21 bits per heavy atom. The molecule has 3 nitrogen and oxygen atoms in total. The average molecular weight is 257 g/mol. The third-order valence-electron chi connectivity index (χ3n) is 3.41. The van der Waals surface area contributed by atoms with Crippen molar-refractivity contribution in [3.63, 3.8) is 0 Å². The van der Waals surface area contributed by atoms with Gasteiger partial charge in [-0.05, 0) is 30.7 Å². The van der Waals surface area contributed by atoms with Gasteiger partial charge in [0, 0.05) is 36.8 Å². The lowest BCUT2D eigenvalue weighted by molar-refractivity contribution is 0.438. The molecular weight excluding hydrogens is 241 g/mol. The van der Waals surface area contributed by atoms with Crippen LogP contribution in [0, 0.1) is 12.7 Å². The fraction of sp³-hybridized carbons (Fsp3) is 0.333. The second-order valence-corrected chi connectivity index (χ2v) is 4.99. The maximum atomic E-state index is 12.9. The van der Waals surface area contributed by atoms with Crippen molar-refractivity contribution in [1.29, 1.82) is 0 Å². The molecule has 1 saturated heterocycles. The third kappa shape index (κ3) is 2.79. The van der Waals surface area contributed by atoms with Crippen LogP contribution in [0.5, 0.6) is 0 Å². The van der Waals surface area contributed by atoms with E-state index in [1.54, 1.807) is 12.1 Å². The summed E-state index contributed by atoms with van der Waals surface area (Å²) in [5.74, 6) is 1.11. The lowest BCUT2D eigenvalue weighted by Gasteiger charge is -2.26. The van der Waals surface area contributed by atoms with Gasteiger partial charge in [-0.1, -0.05) is 12.1 Å². The van der Waals surface area contributed by atoms with Gasteiger partial charge >= 0.3 is 0 Å². The molecule has 0 atom stereocenters. The number of nitrogens with zero attached hydrogens (tertiary/aromatic N) is 2. The van der Waals surface area contributed by atoms with E-state index in [2.05, 4.69) is 21.4 Å². The predicted octanol–water partition coefficient (Wildman–Crippen LogP) is 2.20. The van der Waals surface area contributed by atoms with Gasteiger partial charge in [0.25, 0.3) is 0 Å². The lowest BCUT2D eigenvalue weighted by Crippen LogP contribution is -2.40. The molecule has 0 spiro atoms. The summed E-state index contributed by atoms with van der Waals surface area (Å²) in [4.78, 5) is 8.97. The summed E-state index contributed by atoms with van der Waals surface area (Å²) < 4.78 is 12.9. The van der Waals surface area contributed by atoms with Gasteiger partial charge in [0.15, 0.2) is 0 Å². The summed E-state index contributed by atoms with van der Waals surface area (Å²) in [6, 6.07) is 8.65. The maximum Gasteiger partial charge on any atom is 0.125 e. The molecule has 0 unspecified atom stereocenters. The number of aromatic nitrogens is 2. The van der Waals surface area contributed by atoms with Crippen LogP contribution < -0.4 is 5.32 Å². The zero-order chi connectivity index (χ0) is 13.2. The highest BCUT2D eigenvalue weighted by Crippen LogP contribution is 2.19. The molecule has 0 radical (unpaired) electrons. The Kier molecular flexibility index (Phi) is 3.25. The SMILES string of the molecule is Cc1nc(Cc2ccc(F)cc2)cc(C2CNC2)n1. The van der Waals surface area contributed by atoms with Crippen LogP contribution in [0.1, 0.15) is 28.7 Å². The van der Waals surface area contributed by atoms with E-state index >= 15 is 0 Å². The number of hydrogen-bond acceptors (Lipinski definition) is 3. The van der Waals surface area contributed by atoms with Gasteiger partial charge in [0.2, 0.25) is 0 Å². The molecule has 0 amide bonds. The van der Waals surface area contributed by atoms with Crippen LogP contribution in [-0.2, 0) is 6.42 Å². The normalized spacial score (nSPS) is 15.3. The first kappa shape index (κ1) is 12.2. The van der Waals surface area contributed by atoms with Crippen molar-refractivity contribution in [2.75, 3.05) is 13.1 Å². The van der Waals surface area contributed by atoms with Gasteiger partial charge in [0.1, 0.15) is 11.6 Å². The first-order valence-electron chi connectivity index (χ1n) is 6.50. The number of rotatable bonds is 3. The highest BCUT2D eigenvalue weighted by Gasteiger charge is 2.21. The summed E-state index contributed by atoms with van der Waals surface area (Å²) in [5.41, 5.74) is 3.18. The number of aryl methyl sites for hydroxylation is 1.